The van der Waals surface area contributed by atoms with Crippen molar-refractivity contribution in [3.8, 4) is 11.5 Å². The summed E-state index contributed by atoms with van der Waals surface area (Å²) in [5, 5.41) is 6.17. The minimum absolute atomic E-state index is 0.0683. The van der Waals surface area contributed by atoms with Crippen molar-refractivity contribution >= 4 is 11.6 Å². The molecule has 0 spiro atoms. The highest BCUT2D eigenvalue weighted by atomic mass is 16.7. The zero-order valence-electron chi connectivity index (χ0n) is 13.7. The maximum Gasteiger partial charge on any atom is 0.240 e. The predicted octanol–water partition coefficient (Wildman–Crippen LogP) is 3.42. The summed E-state index contributed by atoms with van der Waals surface area (Å²) in [6, 6.07) is 13.8. The molecule has 0 aliphatic carbocycles. The van der Waals surface area contributed by atoms with Gasteiger partial charge in [-0.2, -0.15) is 5.10 Å². The number of benzene rings is 2. The van der Waals surface area contributed by atoms with Gasteiger partial charge in [0.25, 0.3) is 0 Å². The van der Waals surface area contributed by atoms with Crippen molar-refractivity contribution in [1.82, 2.24) is 5.01 Å². The smallest absolute Gasteiger partial charge is 0.240 e. The fourth-order valence-corrected chi connectivity index (χ4v) is 3.24. The van der Waals surface area contributed by atoms with Gasteiger partial charge in [0.1, 0.15) is 0 Å². The van der Waals surface area contributed by atoms with Gasteiger partial charge in [0.05, 0.1) is 11.8 Å². The van der Waals surface area contributed by atoms with E-state index in [9.17, 15) is 4.79 Å². The molecule has 2 heterocycles. The molecule has 0 N–H and O–H groups in total. The van der Waals surface area contributed by atoms with E-state index in [1.165, 1.54) is 0 Å². The number of fused-ring (bicyclic) bond motifs is 1. The Morgan fingerprint density at radius 1 is 1.17 bits per heavy atom. The van der Waals surface area contributed by atoms with Gasteiger partial charge in [-0.15, -0.1) is 0 Å². The molecule has 4 rings (SSSR count). The Labute approximate surface area is 140 Å². The highest BCUT2D eigenvalue weighted by molar-refractivity contribution is 6.04. The summed E-state index contributed by atoms with van der Waals surface area (Å²) in [5.74, 6) is 1.40. The Kier molecular flexibility index (Phi) is 3.49. The van der Waals surface area contributed by atoms with Gasteiger partial charge < -0.3 is 9.47 Å². The van der Waals surface area contributed by atoms with E-state index in [2.05, 4.69) is 24.2 Å². The van der Waals surface area contributed by atoms with Crippen LogP contribution in [-0.2, 0) is 4.79 Å². The topological polar surface area (TPSA) is 51.1 Å². The number of amides is 1. The average molecular weight is 322 g/mol. The van der Waals surface area contributed by atoms with E-state index >= 15 is 0 Å². The monoisotopic (exact) mass is 322 g/mol. The molecule has 5 nitrogen and oxygen atoms in total. The van der Waals surface area contributed by atoms with Gasteiger partial charge in [0.2, 0.25) is 12.7 Å². The van der Waals surface area contributed by atoms with Crippen LogP contribution in [0.5, 0.6) is 11.5 Å². The molecule has 0 saturated carbocycles. The van der Waals surface area contributed by atoms with Crippen molar-refractivity contribution in [1.29, 1.82) is 0 Å². The first-order chi connectivity index (χ1) is 11.6. The zero-order valence-corrected chi connectivity index (χ0v) is 13.7. The second kappa shape index (κ2) is 5.67. The van der Waals surface area contributed by atoms with E-state index in [1.54, 1.807) is 11.9 Å². The van der Waals surface area contributed by atoms with Crippen LogP contribution < -0.4 is 9.47 Å². The molecule has 1 atom stereocenters. The van der Waals surface area contributed by atoms with Crippen molar-refractivity contribution in [3.63, 3.8) is 0 Å². The van der Waals surface area contributed by atoms with Crippen LogP contribution in [0.4, 0.5) is 0 Å². The molecule has 0 aromatic heterocycles. The van der Waals surface area contributed by atoms with Crippen LogP contribution in [0.25, 0.3) is 0 Å². The largest absolute Gasteiger partial charge is 0.454 e. The van der Waals surface area contributed by atoms with Crippen molar-refractivity contribution in [2.75, 3.05) is 6.79 Å². The molecule has 1 unspecified atom stereocenters. The minimum atomic E-state index is -0.119. The van der Waals surface area contributed by atoms with E-state index in [0.717, 1.165) is 33.9 Å². The summed E-state index contributed by atoms with van der Waals surface area (Å²) in [6.07, 6.45) is 0.685. The number of carbonyl (C=O) groups excluding carboxylic acids is 1. The maximum absolute atomic E-state index is 12.1. The molecule has 5 heteroatoms. The fourth-order valence-electron chi connectivity index (χ4n) is 3.24. The molecule has 122 valence electrons. The van der Waals surface area contributed by atoms with Crippen molar-refractivity contribution in [3.05, 3.63) is 59.2 Å². The summed E-state index contributed by atoms with van der Waals surface area (Å²) in [5.41, 5.74) is 4.19. The molecule has 1 amide bonds. The molecule has 0 saturated heterocycles. The number of hydrogen-bond acceptors (Lipinski definition) is 4. The van der Waals surface area contributed by atoms with Crippen LogP contribution in [0.3, 0.4) is 0 Å². The Morgan fingerprint density at radius 2 is 1.96 bits per heavy atom. The molecular weight excluding hydrogens is 304 g/mol. The van der Waals surface area contributed by atoms with E-state index < -0.39 is 0 Å². The Bertz CT molecular complexity index is 844. The van der Waals surface area contributed by atoms with Crippen LogP contribution in [0.1, 0.15) is 36.1 Å². The quantitative estimate of drug-likeness (QED) is 0.851. The number of aryl methyl sites for hydroxylation is 1. The molecule has 0 fully saturated rings. The molecule has 2 aromatic carbocycles. The van der Waals surface area contributed by atoms with Crippen LogP contribution in [0, 0.1) is 6.92 Å². The standard InChI is InChI=1S/C19H18N2O3/c1-12-5-3-4-6-15(12)16-10-17(21(20-16)13(2)22)14-7-8-18-19(9-14)24-11-23-18/h3-9,17H,10-11H2,1-2H3. The number of nitrogens with zero attached hydrogens (tertiary/aromatic N) is 2. The number of carbonyl (C=O) groups is 1. The summed E-state index contributed by atoms with van der Waals surface area (Å²) in [7, 11) is 0. The van der Waals surface area contributed by atoms with E-state index in [0.29, 0.717) is 6.42 Å². The lowest BCUT2D eigenvalue weighted by atomic mass is 9.96. The van der Waals surface area contributed by atoms with Crippen LogP contribution in [-0.4, -0.2) is 23.4 Å². The van der Waals surface area contributed by atoms with Crippen molar-refractivity contribution in [2.24, 2.45) is 5.10 Å². The highest BCUT2D eigenvalue weighted by Gasteiger charge is 2.32. The van der Waals surface area contributed by atoms with Gasteiger partial charge in [-0.05, 0) is 30.2 Å². The van der Waals surface area contributed by atoms with Gasteiger partial charge in [-0.1, -0.05) is 30.3 Å². The van der Waals surface area contributed by atoms with E-state index in [4.69, 9.17) is 9.47 Å². The lowest BCUT2D eigenvalue weighted by molar-refractivity contribution is -0.130. The van der Waals surface area contributed by atoms with E-state index in [1.807, 2.05) is 30.3 Å². The number of hydrogen-bond donors (Lipinski definition) is 0. The Balaban J connectivity index is 1.70. The van der Waals surface area contributed by atoms with Gasteiger partial charge in [-0.3, -0.25) is 4.79 Å². The third-order valence-electron chi connectivity index (χ3n) is 4.47. The van der Waals surface area contributed by atoms with Crippen molar-refractivity contribution in [2.45, 2.75) is 26.3 Å². The Hall–Kier alpha value is -2.82. The molecule has 0 bridgehead atoms. The zero-order chi connectivity index (χ0) is 16.7. The van der Waals surface area contributed by atoms with Crippen molar-refractivity contribution < 1.29 is 14.3 Å². The molecule has 2 aromatic rings. The number of rotatable bonds is 2. The van der Waals surface area contributed by atoms with E-state index in [-0.39, 0.29) is 18.7 Å². The second-order valence-electron chi connectivity index (χ2n) is 6.06. The first kappa shape index (κ1) is 14.8. The van der Waals surface area contributed by atoms with Gasteiger partial charge >= 0.3 is 0 Å². The molecule has 0 radical (unpaired) electrons. The SMILES string of the molecule is CC(=O)N1N=C(c2ccccc2C)CC1c1ccc2c(c1)OCO2. The summed E-state index contributed by atoms with van der Waals surface area (Å²) < 4.78 is 10.8. The maximum atomic E-state index is 12.1. The lowest BCUT2D eigenvalue weighted by Gasteiger charge is -2.20. The lowest BCUT2D eigenvalue weighted by Crippen LogP contribution is -2.24. The first-order valence-corrected chi connectivity index (χ1v) is 7.96. The van der Waals surface area contributed by atoms with Crippen LogP contribution in [0.2, 0.25) is 0 Å². The van der Waals surface area contributed by atoms with Gasteiger partial charge in [-0.25, -0.2) is 5.01 Å². The molecule has 2 aliphatic rings. The van der Waals surface area contributed by atoms with Crippen LogP contribution >= 0.6 is 0 Å². The highest BCUT2D eigenvalue weighted by Crippen LogP contribution is 2.39. The third-order valence-corrected chi connectivity index (χ3v) is 4.47. The normalized spacial score (nSPS) is 18.7. The number of hydrazone groups is 1. The van der Waals surface area contributed by atoms with Gasteiger partial charge in [0.15, 0.2) is 11.5 Å². The molecule has 24 heavy (non-hydrogen) atoms. The number of ether oxygens (including phenoxy) is 2. The molecule has 2 aliphatic heterocycles. The molecular formula is C19H18N2O3. The van der Waals surface area contributed by atoms with Crippen LogP contribution in [0.15, 0.2) is 47.6 Å². The summed E-state index contributed by atoms with van der Waals surface area (Å²) in [4.78, 5) is 12.1. The fraction of sp³-hybridized carbons (Fsp3) is 0.263. The third kappa shape index (κ3) is 2.42. The summed E-state index contributed by atoms with van der Waals surface area (Å²) >= 11 is 0. The summed E-state index contributed by atoms with van der Waals surface area (Å²) in [6.45, 7) is 3.85. The van der Waals surface area contributed by atoms with Gasteiger partial charge in [0, 0.05) is 18.9 Å². The average Bonchev–Trinajstić information content (AvgIpc) is 3.21. The minimum Gasteiger partial charge on any atom is -0.454 e. The Morgan fingerprint density at radius 3 is 2.75 bits per heavy atom. The first-order valence-electron chi connectivity index (χ1n) is 7.96. The predicted molar refractivity (Wildman–Crippen MR) is 90.2 cm³/mol. The second-order valence-corrected chi connectivity index (χ2v) is 6.06.